The first-order valence-corrected chi connectivity index (χ1v) is 7.47. The van der Waals surface area contributed by atoms with Gasteiger partial charge in [0.05, 0.1) is 5.75 Å². The van der Waals surface area contributed by atoms with Crippen molar-refractivity contribution in [1.82, 2.24) is 20.8 Å². The van der Waals surface area contributed by atoms with Crippen LogP contribution in [0, 0.1) is 0 Å². The van der Waals surface area contributed by atoms with Crippen molar-refractivity contribution in [3.8, 4) is 0 Å². The van der Waals surface area contributed by atoms with Gasteiger partial charge in [-0.05, 0) is 31.7 Å². The Hall–Kier alpha value is -1.56. The third-order valence-electron chi connectivity index (χ3n) is 2.78. The van der Waals surface area contributed by atoms with Crippen molar-refractivity contribution in [1.29, 1.82) is 0 Å². The van der Waals surface area contributed by atoms with E-state index in [4.69, 9.17) is 0 Å². The highest BCUT2D eigenvalue weighted by Crippen LogP contribution is 2.14. The molecule has 0 saturated heterocycles. The number of rotatable bonds is 5. The molecule has 0 aliphatic heterocycles. The molecular weight excluding hydrogens is 260 g/mol. The van der Waals surface area contributed by atoms with E-state index in [-0.39, 0.29) is 5.91 Å². The summed E-state index contributed by atoms with van der Waals surface area (Å²) in [6.07, 6.45) is 11.3. The lowest BCUT2D eigenvalue weighted by Gasteiger charge is -2.10. The highest BCUT2D eigenvalue weighted by Gasteiger charge is 2.06. The molecule has 1 aliphatic rings. The average molecular weight is 278 g/mol. The predicted molar refractivity (Wildman–Crippen MR) is 75.2 cm³/mol. The summed E-state index contributed by atoms with van der Waals surface area (Å²) in [5.41, 5.74) is 6.84. The zero-order valence-electron chi connectivity index (χ0n) is 10.8. The number of carbonyl (C=O) groups is 1. The van der Waals surface area contributed by atoms with Crippen molar-refractivity contribution in [2.75, 3.05) is 5.75 Å². The van der Waals surface area contributed by atoms with Gasteiger partial charge in [0.1, 0.15) is 0 Å². The van der Waals surface area contributed by atoms with Crippen LogP contribution < -0.4 is 10.9 Å². The number of carbonyl (C=O) groups excluding carboxylic acids is 1. The van der Waals surface area contributed by atoms with Gasteiger partial charge in [0, 0.05) is 18.1 Å². The maximum absolute atomic E-state index is 11.7. The second kappa shape index (κ2) is 7.78. The Labute approximate surface area is 117 Å². The molecule has 1 heterocycles. The smallest absolute Gasteiger partial charge is 0.248 e. The monoisotopic (exact) mass is 278 g/mol. The van der Waals surface area contributed by atoms with Crippen molar-refractivity contribution >= 4 is 17.7 Å². The molecule has 102 valence electrons. The summed E-state index contributed by atoms with van der Waals surface area (Å²) < 4.78 is 0. The molecule has 19 heavy (non-hydrogen) atoms. The number of aromatic nitrogens is 2. The molecule has 5 nitrogen and oxygen atoms in total. The number of thioether (sulfide) groups is 1. The van der Waals surface area contributed by atoms with E-state index in [0.717, 1.165) is 18.5 Å². The van der Waals surface area contributed by atoms with E-state index in [1.54, 1.807) is 18.5 Å². The SMILES string of the molecule is O=C(CSc1ncccn1)NNC1=CCCCCC1. The minimum atomic E-state index is -0.0670. The molecule has 0 radical (unpaired) electrons. The maximum Gasteiger partial charge on any atom is 0.248 e. The molecule has 1 aromatic heterocycles. The zero-order chi connectivity index (χ0) is 13.3. The number of nitrogens with one attached hydrogen (secondary N) is 2. The Morgan fingerprint density at radius 1 is 1.26 bits per heavy atom. The van der Waals surface area contributed by atoms with E-state index in [1.165, 1.54) is 31.0 Å². The van der Waals surface area contributed by atoms with Gasteiger partial charge in [0.15, 0.2) is 5.16 Å². The number of hydrazine groups is 1. The van der Waals surface area contributed by atoms with Crippen LogP contribution >= 0.6 is 11.8 Å². The van der Waals surface area contributed by atoms with Crippen LogP contribution in [-0.2, 0) is 4.79 Å². The van der Waals surface area contributed by atoms with Gasteiger partial charge >= 0.3 is 0 Å². The van der Waals surface area contributed by atoms with Crippen LogP contribution in [0.3, 0.4) is 0 Å². The molecule has 0 atom stereocenters. The van der Waals surface area contributed by atoms with Gasteiger partial charge in [-0.3, -0.25) is 10.2 Å². The second-order valence-corrected chi connectivity index (χ2v) is 5.26. The van der Waals surface area contributed by atoms with Crippen LogP contribution in [0.2, 0.25) is 0 Å². The highest BCUT2D eigenvalue weighted by molar-refractivity contribution is 7.99. The first-order chi connectivity index (χ1) is 9.34. The molecule has 2 N–H and O–H groups in total. The minimum absolute atomic E-state index is 0.0670. The van der Waals surface area contributed by atoms with Gasteiger partial charge in [-0.15, -0.1) is 0 Å². The van der Waals surface area contributed by atoms with E-state index < -0.39 is 0 Å². The largest absolute Gasteiger partial charge is 0.303 e. The summed E-state index contributed by atoms with van der Waals surface area (Å²) >= 11 is 1.33. The standard InChI is InChI=1S/C13H18N4OS/c18-12(10-19-13-14-8-5-9-15-13)17-16-11-6-3-1-2-4-7-11/h5-6,8-9,16H,1-4,7,10H2,(H,17,18). The summed E-state index contributed by atoms with van der Waals surface area (Å²) in [5, 5.41) is 0.617. The Balaban J connectivity index is 1.68. The van der Waals surface area contributed by atoms with Crippen LogP contribution in [0.5, 0.6) is 0 Å². The molecule has 0 unspecified atom stereocenters. The molecule has 0 spiro atoms. The molecule has 1 aliphatic carbocycles. The number of nitrogens with zero attached hydrogens (tertiary/aromatic N) is 2. The van der Waals surface area contributed by atoms with Gasteiger partial charge in [-0.25, -0.2) is 9.97 Å². The third kappa shape index (κ3) is 5.30. The summed E-state index contributed by atoms with van der Waals surface area (Å²) in [4.78, 5) is 19.8. The fourth-order valence-corrected chi connectivity index (χ4v) is 2.41. The van der Waals surface area contributed by atoms with E-state index in [0.29, 0.717) is 10.9 Å². The van der Waals surface area contributed by atoms with Gasteiger partial charge in [-0.1, -0.05) is 24.3 Å². The number of amides is 1. The van der Waals surface area contributed by atoms with Crippen LogP contribution in [0.1, 0.15) is 32.1 Å². The van der Waals surface area contributed by atoms with Crippen molar-refractivity contribution in [3.05, 3.63) is 30.2 Å². The van der Waals surface area contributed by atoms with Crippen molar-refractivity contribution in [3.63, 3.8) is 0 Å². The Morgan fingerprint density at radius 3 is 2.95 bits per heavy atom. The molecule has 0 saturated carbocycles. The Morgan fingerprint density at radius 2 is 2.11 bits per heavy atom. The normalized spacial score (nSPS) is 15.3. The van der Waals surface area contributed by atoms with Gasteiger partial charge in [0.25, 0.3) is 0 Å². The maximum atomic E-state index is 11.7. The molecule has 1 aromatic rings. The van der Waals surface area contributed by atoms with Crippen LogP contribution in [0.15, 0.2) is 35.4 Å². The van der Waals surface area contributed by atoms with Crippen LogP contribution in [0.4, 0.5) is 0 Å². The summed E-state index contributed by atoms with van der Waals surface area (Å²) in [7, 11) is 0. The van der Waals surface area contributed by atoms with E-state index in [1.807, 2.05) is 0 Å². The lowest BCUT2D eigenvalue weighted by molar-refractivity contribution is -0.119. The number of hydrogen-bond acceptors (Lipinski definition) is 5. The van der Waals surface area contributed by atoms with Gasteiger partial charge in [-0.2, -0.15) is 0 Å². The Bertz CT molecular complexity index is 436. The molecular formula is C13H18N4OS. The molecule has 0 bridgehead atoms. The topological polar surface area (TPSA) is 66.9 Å². The number of allylic oxidation sites excluding steroid dienone is 2. The van der Waals surface area contributed by atoms with E-state index in [2.05, 4.69) is 26.9 Å². The minimum Gasteiger partial charge on any atom is -0.303 e. The fourth-order valence-electron chi connectivity index (χ4n) is 1.80. The zero-order valence-corrected chi connectivity index (χ0v) is 11.6. The van der Waals surface area contributed by atoms with Crippen LogP contribution in [-0.4, -0.2) is 21.6 Å². The lowest BCUT2D eigenvalue weighted by Crippen LogP contribution is -2.37. The lowest BCUT2D eigenvalue weighted by atomic mass is 10.2. The quantitative estimate of drug-likeness (QED) is 0.490. The predicted octanol–water partition coefficient (Wildman–Crippen LogP) is 2.04. The van der Waals surface area contributed by atoms with Gasteiger partial charge in [0.2, 0.25) is 5.91 Å². The summed E-state index contributed by atoms with van der Waals surface area (Å²) in [6.45, 7) is 0. The summed E-state index contributed by atoms with van der Waals surface area (Å²) in [5.74, 6) is 0.243. The molecule has 2 rings (SSSR count). The van der Waals surface area contributed by atoms with Crippen LogP contribution in [0.25, 0.3) is 0 Å². The first kappa shape index (κ1) is 13.9. The summed E-state index contributed by atoms with van der Waals surface area (Å²) in [6, 6.07) is 1.75. The van der Waals surface area contributed by atoms with Gasteiger partial charge < -0.3 is 5.43 Å². The average Bonchev–Trinajstić information content (AvgIpc) is 2.73. The fraction of sp³-hybridized carbons (Fsp3) is 0.462. The Kier molecular flexibility index (Phi) is 5.68. The van der Waals surface area contributed by atoms with Crippen molar-refractivity contribution in [2.24, 2.45) is 0 Å². The molecule has 1 amide bonds. The molecule has 6 heteroatoms. The second-order valence-electron chi connectivity index (χ2n) is 4.32. The van der Waals surface area contributed by atoms with E-state index >= 15 is 0 Å². The first-order valence-electron chi connectivity index (χ1n) is 6.48. The third-order valence-corrected chi connectivity index (χ3v) is 3.65. The highest BCUT2D eigenvalue weighted by atomic mass is 32.2. The molecule has 0 fully saturated rings. The molecule has 0 aromatic carbocycles. The van der Waals surface area contributed by atoms with Crippen molar-refractivity contribution < 1.29 is 4.79 Å². The van der Waals surface area contributed by atoms with Crippen molar-refractivity contribution in [2.45, 2.75) is 37.3 Å². The van der Waals surface area contributed by atoms with E-state index in [9.17, 15) is 4.79 Å². The number of hydrogen-bond donors (Lipinski definition) is 2.